The summed E-state index contributed by atoms with van der Waals surface area (Å²) in [6.07, 6.45) is 1.71. The number of hydrogen-bond acceptors (Lipinski definition) is 3. The van der Waals surface area contributed by atoms with Crippen LogP contribution in [0.2, 0.25) is 0 Å². The first-order valence-electron chi connectivity index (χ1n) is 5.46. The van der Waals surface area contributed by atoms with Crippen LogP contribution in [0.1, 0.15) is 12.5 Å². The Hall–Kier alpha value is -0.980. The van der Waals surface area contributed by atoms with E-state index in [0.29, 0.717) is 11.7 Å². The van der Waals surface area contributed by atoms with Crippen LogP contribution in [0.15, 0.2) is 33.8 Å². The molecule has 0 aliphatic heterocycles. The van der Waals surface area contributed by atoms with Crippen molar-refractivity contribution in [1.29, 1.82) is 0 Å². The quantitative estimate of drug-likeness (QED) is 0.494. The van der Waals surface area contributed by atoms with Gasteiger partial charge < -0.3 is 10.1 Å². The number of ether oxygens (including phenoxy) is 1. The number of hydrogen-bond donors (Lipinski definition) is 2. The Morgan fingerprint density at radius 2 is 2.28 bits per heavy atom. The lowest BCUT2D eigenvalue weighted by molar-refractivity contribution is 0.179. The molecule has 0 heterocycles. The number of nitrogens with one attached hydrogen (secondary N) is 2. The molecule has 0 saturated heterocycles. The number of benzene rings is 1. The summed E-state index contributed by atoms with van der Waals surface area (Å²) in [6.45, 7) is 2.57. The third kappa shape index (κ3) is 5.57. The Bertz CT molecular complexity index is 426. The molecule has 0 aromatic heterocycles. The van der Waals surface area contributed by atoms with Crippen molar-refractivity contribution >= 4 is 39.5 Å². The largest absolute Gasteiger partial charge is 0.383 e. The molecule has 0 saturated carbocycles. The van der Waals surface area contributed by atoms with Gasteiger partial charge in [0.15, 0.2) is 5.11 Å². The Balaban J connectivity index is 2.41. The van der Waals surface area contributed by atoms with E-state index in [4.69, 9.17) is 17.0 Å². The molecule has 2 N–H and O–H groups in total. The Labute approximate surface area is 121 Å². The van der Waals surface area contributed by atoms with E-state index in [1.165, 1.54) is 0 Å². The van der Waals surface area contributed by atoms with Crippen LogP contribution in [0.25, 0.3) is 0 Å². The summed E-state index contributed by atoms with van der Waals surface area (Å²) in [7, 11) is 1.65. The highest BCUT2D eigenvalue weighted by Crippen LogP contribution is 2.13. The summed E-state index contributed by atoms with van der Waals surface area (Å²) in [5.41, 5.74) is 3.75. The molecular weight excluding hydrogens is 314 g/mol. The highest BCUT2D eigenvalue weighted by molar-refractivity contribution is 9.10. The third-order valence-corrected chi connectivity index (χ3v) is 3.00. The lowest BCUT2D eigenvalue weighted by Crippen LogP contribution is -2.40. The number of halogens is 1. The second kappa shape index (κ2) is 8.18. The van der Waals surface area contributed by atoms with Crippen molar-refractivity contribution in [2.45, 2.75) is 13.0 Å². The van der Waals surface area contributed by atoms with E-state index in [1.807, 2.05) is 31.2 Å². The van der Waals surface area contributed by atoms with Gasteiger partial charge in [0.2, 0.25) is 0 Å². The molecule has 0 fully saturated rings. The van der Waals surface area contributed by atoms with Gasteiger partial charge in [0.25, 0.3) is 0 Å². The van der Waals surface area contributed by atoms with E-state index in [0.717, 1.165) is 10.0 Å². The second-order valence-corrected chi connectivity index (χ2v) is 4.98. The summed E-state index contributed by atoms with van der Waals surface area (Å²) in [5, 5.41) is 7.59. The van der Waals surface area contributed by atoms with Gasteiger partial charge in [0.05, 0.1) is 12.8 Å². The van der Waals surface area contributed by atoms with Crippen molar-refractivity contribution in [3.63, 3.8) is 0 Å². The van der Waals surface area contributed by atoms with Crippen molar-refractivity contribution < 1.29 is 4.74 Å². The summed E-state index contributed by atoms with van der Waals surface area (Å²) >= 11 is 8.53. The average Bonchev–Trinajstić information content (AvgIpc) is 2.31. The molecule has 1 aromatic rings. The Kier molecular flexibility index (Phi) is 6.85. The molecule has 0 amide bonds. The minimum absolute atomic E-state index is 0.147. The molecule has 98 valence electrons. The van der Waals surface area contributed by atoms with Crippen LogP contribution in [-0.2, 0) is 4.74 Å². The zero-order valence-electron chi connectivity index (χ0n) is 10.3. The van der Waals surface area contributed by atoms with Crippen molar-refractivity contribution in [3.05, 3.63) is 34.3 Å². The molecule has 0 unspecified atom stereocenters. The van der Waals surface area contributed by atoms with Crippen LogP contribution in [0, 0.1) is 0 Å². The van der Waals surface area contributed by atoms with E-state index < -0.39 is 0 Å². The average molecular weight is 330 g/mol. The fourth-order valence-electron chi connectivity index (χ4n) is 1.29. The highest BCUT2D eigenvalue weighted by atomic mass is 79.9. The van der Waals surface area contributed by atoms with Gasteiger partial charge in [-0.15, -0.1) is 0 Å². The van der Waals surface area contributed by atoms with Crippen LogP contribution < -0.4 is 10.7 Å². The standard InChI is InChI=1S/C12H16BrN3OS/c1-9(8-17-2)15-12(18)16-14-7-10-5-3-4-6-11(10)13/h3-7,9H,8H2,1-2H3,(H2,15,16,18)/b14-7-/t9-/m1/s1. The molecule has 6 heteroatoms. The van der Waals surface area contributed by atoms with Gasteiger partial charge in [-0.1, -0.05) is 34.1 Å². The maximum atomic E-state index is 5.09. The molecule has 0 bridgehead atoms. The third-order valence-electron chi connectivity index (χ3n) is 2.07. The summed E-state index contributed by atoms with van der Waals surface area (Å²) in [5.74, 6) is 0. The van der Waals surface area contributed by atoms with Crippen molar-refractivity contribution in [1.82, 2.24) is 10.7 Å². The van der Waals surface area contributed by atoms with Crippen molar-refractivity contribution in [3.8, 4) is 0 Å². The number of rotatable bonds is 5. The lowest BCUT2D eigenvalue weighted by atomic mass is 10.2. The van der Waals surface area contributed by atoms with Crippen LogP contribution in [0.5, 0.6) is 0 Å². The van der Waals surface area contributed by atoms with Crippen molar-refractivity contribution in [2.24, 2.45) is 5.10 Å². The van der Waals surface area contributed by atoms with E-state index in [9.17, 15) is 0 Å². The van der Waals surface area contributed by atoms with Gasteiger partial charge in [-0.2, -0.15) is 5.10 Å². The van der Waals surface area contributed by atoms with Gasteiger partial charge >= 0.3 is 0 Å². The molecule has 1 rings (SSSR count). The lowest BCUT2D eigenvalue weighted by Gasteiger charge is -2.13. The van der Waals surface area contributed by atoms with Crippen LogP contribution in [0.3, 0.4) is 0 Å². The Morgan fingerprint density at radius 3 is 2.94 bits per heavy atom. The number of methoxy groups -OCH3 is 1. The topological polar surface area (TPSA) is 45.6 Å². The van der Waals surface area contributed by atoms with Gasteiger partial charge in [-0.05, 0) is 25.2 Å². The van der Waals surface area contributed by atoms with Crippen molar-refractivity contribution in [2.75, 3.05) is 13.7 Å². The first kappa shape index (κ1) is 15.1. The van der Waals surface area contributed by atoms with Gasteiger partial charge in [-0.25, -0.2) is 0 Å². The summed E-state index contributed by atoms with van der Waals surface area (Å²) in [4.78, 5) is 0. The first-order chi connectivity index (χ1) is 8.63. The monoisotopic (exact) mass is 329 g/mol. The molecular formula is C12H16BrN3OS. The fraction of sp³-hybridized carbons (Fsp3) is 0.333. The minimum Gasteiger partial charge on any atom is -0.383 e. The van der Waals surface area contributed by atoms with E-state index in [-0.39, 0.29) is 6.04 Å². The predicted molar refractivity (Wildman–Crippen MR) is 81.9 cm³/mol. The van der Waals surface area contributed by atoms with E-state index in [1.54, 1.807) is 13.3 Å². The molecule has 18 heavy (non-hydrogen) atoms. The normalized spacial score (nSPS) is 12.4. The SMILES string of the molecule is COC[C@@H](C)NC(=S)N/N=C\c1ccccc1Br. The highest BCUT2D eigenvalue weighted by Gasteiger charge is 2.01. The van der Waals surface area contributed by atoms with Gasteiger partial charge in [0, 0.05) is 23.2 Å². The maximum absolute atomic E-state index is 5.09. The summed E-state index contributed by atoms with van der Waals surface area (Å²) < 4.78 is 5.99. The Morgan fingerprint density at radius 1 is 1.56 bits per heavy atom. The smallest absolute Gasteiger partial charge is 0.187 e. The van der Waals surface area contributed by atoms with E-state index in [2.05, 4.69) is 31.8 Å². The van der Waals surface area contributed by atoms with Gasteiger partial charge in [0.1, 0.15) is 0 Å². The number of thiocarbonyl (C=S) groups is 1. The zero-order chi connectivity index (χ0) is 13.4. The minimum atomic E-state index is 0.147. The maximum Gasteiger partial charge on any atom is 0.187 e. The molecule has 4 nitrogen and oxygen atoms in total. The zero-order valence-corrected chi connectivity index (χ0v) is 12.7. The van der Waals surface area contributed by atoms with Crippen LogP contribution in [-0.4, -0.2) is 31.1 Å². The molecule has 1 atom stereocenters. The molecule has 0 radical (unpaired) electrons. The second-order valence-electron chi connectivity index (χ2n) is 3.72. The number of nitrogens with zero attached hydrogens (tertiary/aromatic N) is 1. The molecule has 1 aromatic carbocycles. The first-order valence-corrected chi connectivity index (χ1v) is 6.66. The molecule has 0 aliphatic carbocycles. The number of hydrazone groups is 1. The van der Waals surface area contributed by atoms with E-state index >= 15 is 0 Å². The van der Waals surface area contributed by atoms with Crippen LogP contribution in [0.4, 0.5) is 0 Å². The summed E-state index contributed by atoms with van der Waals surface area (Å²) in [6, 6.07) is 7.96. The van der Waals surface area contributed by atoms with Gasteiger partial charge in [-0.3, -0.25) is 5.43 Å². The molecule has 0 aliphatic rings. The van der Waals surface area contributed by atoms with Crippen LogP contribution >= 0.6 is 28.1 Å². The molecule has 0 spiro atoms. The predicted octanol–water partition coefficient (Wildman–Crippen LogP) is 2.28. The fourth-order valence-corrected chi connectivity index (χ4v) is 1.93.